The number of rotatable bonds is 13. The van der Waals surface area contributed by atoms with Crippen LogP contribution in [0.15, 0.2) is 77.7 Å². The SMILES string of the molecule is CCOc1ccc(S(=O)(=O)N(CC(=O)N(Cc2ccc(F)cc2)[C@@H](C)C(=O)NCC(C)C)c2ccc(C)cc2)cc1. The highest BCUT2D eigenvalue weighted by molar-refractivity contribution is 7.92. The molecule has 0 aromatic heterocycles. The summed E-state index contributed by atoms with van der Waals surface area (Å²) in [5.74, 6) is -0.664. The first kappa shape index (κ1) is 31.6. The molecule has 0 saturated heterocycles. The van der Waals surface area contributed by atoms with Crippen molar-refractivity contribution in [3.63, 3.8) is 0 Å². The van der Waals surface area contributed by atoms with Crippen LogP contribution in [0.3, 0.4) is 0 Å². The number of nitrogens with zero attached hydrogens (tertiary/aromatic N) is 2. The number of carbonyl (C=O) groups excluding carboxylic acids is 2. The Hall–Kier alpha value is -3.92. The van der Waals surface area contributed by atoms with E-state index in [1.165, 1.54) is 41.3 Å². The summed E-state index contributed by atoms with van der Waals surface area (Å²) < 4.78 is 47.9. The number of aryl methyl sites for hydroxylation is 1. The Labute approximate surface area is 242 Å². The van der Waals surface area contributed by atoms with Crippen LogP contribution in [-0.2, 0) is 26.2 Å². The van der Waals surface area contributed by atoms with Gasteiger partial charge in [0.2, 0.25) is 11.8 Å². The molecule has 0 saturated carbocycles. The molecule has 1 N–H and O–H groups in total. The number of sulfonamides is 1. The van der Waals surface area contributed by atoms with Crippen LogP contribution in [0.1, 0.15) is 38.8 Å². The van der Waals surface area contributed by atoms with Crippen LogP contribution < -0.4 is 14.4 Å². The molecule has 0 aliphatic carbocycles. The maximum absolute atomic E-state index is 13.9. The number of halogens is 1. The second-order valence-electron chi connectivity index (χ2n) is 10.2. The molecule has 0 bridgehead atoms. The lowest BCUT2D eigenvalue weighted by molar-refractivity contribution is -0.139. The molecular weight excluding hydrogens is 545 g/mol. The Morgan fingerprint density at radius 1 is 0.927 bits per heavy atom. The number of benzene rings is 3. The largest absolute Gasteiger partial charge is 0.494 e. The average Bonchev–Trinajstić information content (AvgIpc) is 2.94. The van der Waals surface area contributed by atoms with Gasteiger partial charge in [0.25, 0.3) is 10.0 Å². The van der Waals surface area contributed by atoms with E-state index in [0.29, 0.717) is 30.2 Å². The summed E-state index contributed by atoms with van der Waals surface area (Å²) >= 11 is 0. The molecule has 8 nitrogen and oxygen atoms in total. The van der Waals surface area contributed by atoms with Gasteiger partial charge in [-0.05, 0) is 80.8 Å². The monoisotopic (exact) mass is 583 g/mol. The van der Waals surface area contributed by atoms with Crippen molar-refractivity contribution in [1.29, 1.82) is 0 Å². The lowest BCUT2D eigenvalue weighted by Crippen LogP contribution is -2.51. The predicted octanol–water partition coefficient (Wildman–Crippen LogP) is 4.92. The van der Waals surface area contributed by atoms with Crippen molar-refractivity contribution in [3.8, 4) is 5.75 Å². The van der Waals surface area contributed by atoms with Gasteiger partial charge >= 0.3 is 0 Å². The van der Waals surface area contributed by atoms with Crippen molar-refractivity contribution >= 4 is 27.5 Å². The van der Waals surface area contributed by atoms with Gasteiger partial charge in [-0.2, -0.15) is 0 Å². The minimum Gasteiger partial charge on any atom is -0.494 e. The zero-order chi connectivity index (χ0) is 30.2. The predicted molar refractivity (Wildman–Crippen MR) is 158 cm³/mol. The number of ether oxygens (including phenoxy) is 1. The summed E-state index contributed by atoms with van der Waals surface area (Å²) in [6, 6.07) is 17.5. The Morgan fingerprint density at radius 2 is 1.54 bits per heavy atom. The van der Waals surface area contributed by atoms with E-state index in [1.807, 2.05) is 27.7 Å². The van der Waals surface area contributed by atoms with Gasteiger partial charge in [-0.25, -0.2) is 12.8 Å². The Balaban J connectivity index is 1.99. The Morgan fingerprint density at radius 3 is 2.10 bits per heavy atom. The second kappa shape index (κ2) is 14.1. The van der Waals surface area contributed by atoms with Gasteiger partial charge in [0.05, 0.1) is 17.2 Å². The maximum Gasteiger partial charge on any atom is 0.264 e. The van der Waals surface area contributed by atoms with Gasteiger partial charge in [0, 0.05) is 13.1 Å². The third-order valence-corrected chi connectivity index (χ3v) is 8.23. The fourth-order valence-corrected chi connectivity index (χ4v) is 5.48. The van der Waals surface area contributed by atoms with Gasteiger partial charge in [0.1, 0.15) is 24.2 Å². The quantitative estimate of drug-likeness (QED) is 0.308. The van der Waals surface area contributed by atoms with E-state index in [1.54, 1.807) is 43.3 Å². The van der Waals surface area contributed by atoms with Crippen molar-refractivity contribution in [1.82, 2.24) is 10.2 Å². The summed E-state index contributed by atoms with van der Waals surface area (Å²) in [4.78, 5) is 28.2. The molecule has 3 aromatic rings. The van der Waals surface area contributed by atoms with Gasteiger partial charge in [-0.3, -0.25) is 13.9 Å². The standard InChI is InChI=1S/C31H38FN3O5S/c1-6-40-28-15-17-29(18-16-28)41(38,39)35(27-13-7-23(4)8-14-27)21-30(36)34(20-25-9-11-26(32)12-10-25)24(5)31(37)33-19-22(2)3/h7-18,22,24H,6,19-21H2,1-5H3,(H,33,37)/t24-/m0/s1. The van der Waals surface area contributed by atoms with Crippen LogP contribution in [-0.4, -0.2) is 50.9 Å². The minimum atomic E-state index is -4.19. The van der Waals surface area contributed by atoms with Crippen LogP contribution in [0.2, 0.25) is 0 Å². The van der Waals surface area contributed by atoms with Crippen LogP contribution in [0, 0.1) is 18.7 Å². The van der Waals surface area contributed by atoms with Gasteiger partial charge < -0.3 is 15.0 Å². The Kier molecular flexibility index (Phi) is 10.9. The molecule has 3 aromatic carbocycles. The number of carbonyl (C=O) groups is 2. The second-order valence-corrected chi connectivity index (χ2v) is 12.1. The van der Waals surface area contributed by atoms with Gasteiger partial charge in [0.15, 0.2) is 0 Å². The molecule has 1 atom stereocenters. The van der Waals surface area contributed by atoms with Gasteiger partial charge in [-0.15, -0.1) is 0 Å². The maximum atomic E-state index is 13.9. The summed E-state index contributed by atoms with van der Waals surface area (Å²) in [6.07, 6.45) is 0. The van der Waals surface area contributed by atoms with E-state index < -0.39 is 34.3 Å². The van der Waals surface area contributed by atoms with Crippen molar-refractivity contribution in [2.45, 2.75) is 52.1 Å². The Bertz CT molecular complexity index is 1410. The summed E-state index contributed by atoms with van der Waals surface area (Å²) in [5, 5.41) is 2.84. The summed E-state index contributed by atoms with van der Waals surface area (Å²) in [6.45, 7) is 9.50. The molecular formula is C31H38FN3O5S. The van der Waals surface area contributed by atoms with E-state index >= 15 is 0 Å². The van der Waals surface area contributed by atoms with E-state index in [0.717, 1.165) is 9.87 Å². The highest BCUT2D eigenvalue weighted by atomic mass is 32.2. The first-order chi connectivity index (χ1) is 19.4. The molecule has 2 amide bonds. The van der Waals surface area contributed by atoms with Crippen LogP contribution in [0.5, 0.6) is 5.75 Å². The highest BCUT2D eigenvalue weighted by Crippen LogP contribution is 2.26. The van der Waals surface area contributed by atoms with Crippen LogP contribution >= 0.6 is 0 Å². The molecule has 0 aliphatic heterocycles. The van der Waals surface area contributed by atoms with E-state index in [4.69, 9.17) is 4.74 Å². The molecule has 0 heterocycles. The zero-order valence-electron chi connectivity index (χ0n) is 24.1. The number of amides is 2. The number of nitrogens with one attached hydrogen (secondary N) is 1. The summed E-state index contributed by atoms with van der Waals surface area (Å²) in [7, 11) is -4.19. The van der Waals surface area contributed by atoms with Crippen molar-refractivity contribution in [2.24, 2.45) is 5.92 Å². The van der Waals surface area contributed by atoms with E-state index in [9.17, 15) is 22.4 Å². The lowest BCUT2D eigenvalue weighted by Gasteiger charge is -2.32. The third kappa shape index (κ3) is 8.53. The molecule has 0 aliphatic rings. The first-order valence-corrected chi connectivity index (χ1v) is 15.0. The molecule has 0 unspecified atom stereocenters. The van der Waals surface area contributed by atoms with Crippen LogP contribution in [0.4, 0.5) is 10.1 Å². The third-order valence-electron chi connectivity index (χ3n) is 6.44. The number of hydrogen-bond donors (Lipinski definition) is 1. The topological polar surface area (TPSA) is 96.0 Å². The van der Waals surface area contributed by atoms with Crippen molar-refractivity contribution in [2.75, 3.05) is 24.0 Å². The van der Waals surface area contributed by atoms with Crippen molar-refractivity contribution in [3.05, 3.63) is 89.7 Å². The first-order valence-electron chi connectivity index (χ1n) is 13.6. The normalized spacial score (nSPS) is 12.1. The summed E-state index contributed by atoms with van der Waals surface area (Å²) in [5.41, 5.74) is 1.82. The highest BCUT2D eigenvalue weighted by Gasteiger charge is 2.32. The smallest absolute Gasteiger partial charge is 0.264 e. The fourth-order valence-electron chi connectivity index (χ4n) is 4.06. The lowest BCUT2D eigenvalue weighted by atomic mass is 10.1. The van der Waals surface area contributed by atoms with Crippen molar-refractivity contribution < 1.29 is 27.1 Å². The minimum absolute atomic E-state index is 0.0119. The average molecular weight is 584 g/mol. The molecule has 0 fully saturated rings. The molecule has 3 rings (SSSR count). The molecule has 0 radical (unpaired) electrons. The van der Waals surface area contributed by atoms with E-state index in [2.05, 4.69) is 5.32 Å². The number of anilines is 1. The number of hydrogen-bond acceptors (Lipinski definition) is 5. The van der Waals surface area contributed by atoms with E-state index in [-0.39, 0.29) is 23.3 Å². The fraction of sp³-hybridized carbons (Fsp3) is 0.355. The molecule has 10 heteroatoms. The molecule has 220 valence electrons. The zero-order valence-corrected chi connectivity index (χ0v) is 24.9. The van der Waals surface area contributed by atoms with Crippen LogP contribution in [0.25, 0.3) is 0 Å². The molecule has 0 spiro atoms. The van der Waals surface area contributed by atoms with Gasteiger partial charge in [-0.1, -0.05) is 43.7 Å². The molecule has 41 heavy (non-hydrogen) atoms.